The summed E-state index contributed by atoms with van der Waals surface area (Å²) in [5, 5.41) is 0.639. The molecule has 6 atom stereocenters. The summed E-state index contributed by atoms with van der Waals surface area (Å²) < 4.78 is 5.55. The van der Waals surface area contributed by atoms with E-state index in [-0.39, 0.29) is 41.0 Å². The molecule has 32 heavy (non-hydrogen) atoms. The van der Waals surface area contributed by atoms with Crippen molar-refractivity contribution in [2.75, 3.05) is 4.90 Å². The Kier molecular flexibility index (Phi) is 4.19. The van der Waals surface area contributed by atoms with Crippen LogP contribution >= 0.6 is 11.6 Å². The first-order chi connectivity index (χ1) is 15.3. The Balaban J connectivity index is 1.28. The van der Waals surface area contributed by atoms with Gasteiger partial charge in [0.25, 0.3) is 0 Å². The predicted octanol–water partition coefficient (Wildman–Crippen LogP) is 4.73. The number of rotatable bonds is 3. The largest absolute Gasteiger partial charge is 0.423 e. The maximum atomic E-state index is 13.3. The number of halogens is 1. The predicted molar refractivity (Wildman–Crippen MR) is 120 cm³/mol. The molecule has 1 saturated heterocycles. The van der Waals surface area contributed by atoms with Crippen LogP contribution < -0.4 is 9.64 Å². The van der Waals surface area contributed by atoms with Gasteiger partial charge < -0.3 is 4.74 Å². The van der Waals surface area contributed by atoms with Gasteiger partial charge in [-0.3, -0.25) is 9.59 Å². The fourth-order valence-corrected chi connectivity index (χ4v) is 6.22. The third-order valence-corrected chi connectivity index (χ3v) is 8.22. The number of carbonyl (C=O) groups excluding carboxylic acids is 3. The molecule has 0 spiro atoms. The number of esters is 1. The molecule has 7 rings (SSSR count). The molecule has 1 heterocycles. The van der Waals surface area contributed by atoms with Crippen molar-refractivity contribution in [2.24, 2.45) is 35.5 Å². The molecule has 2 amide bonds. The molecule has 2 saturated carbocycles. The molecule has 2 bridgehead atoms. The minimum absolute atomic E-state index is 0.140. The smallest absolute Gasteiger partial charge is 0.343 e. The van der Waals surface area contributed by atoms with Gasteiger partial charge in [-0.2, -0.15) is 0 Å². The molecule has 162 valence electrons. The van der Waals surface area contributed by atoms with Gasteiger partial charge in [0.05, 0.1) is 23.1 Å². The Hall–Kier alpha value is -2.92. The van der Waals surface area contributed by atoms with Gasteiger partial charge in [0.1, 0.15) is 5.75 Å². The SMILES string of the molecule is Cc1cc(OC(=O)c2cccc(N3C(=O)[C@@H]4[C@H]5C=C[C@@H]([C@@H]6C[C@@H]56)[C@@H]4C3=O)c2)cc(C)c1Cl. The zero-order valence-electron chi connectivity index (χ0n) is 17.7. The van der Waals surface area contributed by atoms with Crippen LogP contribution in [0.2, 0.25) is 5.02 Å². The van der Waals surface area contributed by atoms with Gasteiger partial charge in [-0.1, -0.05) is 29.8 Å². The summed E-state index contributed by atoms with van der Waals surface area (Å²) >= 11 is 6.20. The molecule has 0 radical (unpaired) electrons. The first kappa shape index (κ1) is 19.7. The third-order valence-electron chi connectivity index (χ3n) is 7.62. The fourth-order valence-electron chi connectivity index (χ4n) is 6.11. The van der Waals surface area contributed by atoms with E-state index in [9.17, 15) is 14.4 Å². The van der Waals surface area contributed by atoms with Gasteiger partial charge in [-0.05, 0) is 85.4 Å². The minimum atomic E-state index is -0.549. The number of carbonyl (C=O) groups is 3. The molecule has 0 unspecified atom stereocenters. The van der Waals surface area contributed by atoms with Crippen LogP contribution in [0.5, 0.6) is 5.75 Å². The van der Waals surface area contributed by atoms with E-state index in [1.807, 2.05) is 13.8 Å². The zero-order valence-corrected chi connectivity index (χ0v) is 18.5. The average molecular weight is 448 g/mol. The molecule has 5 nitrogen and oxygen atoms in total. The molecule has 0 aromatic heterocycles. The van der Waals surface area contributed by atoms with Gasteiger partial charge in [0.2, 0.25) is 11.8 Å². The number of nitrogens with zero attached hydrogens (tertiary/aromatic N) is 1. The lowest BCUT2D eigenvalue weighted by atomic mass is 9.63. The van der Waals surface area contributed by atoms with Crippen LogP contribution in [0.25, 0.3) is 0 Å². The van der Waals surface area contributed by atoms with E-state index in [4.69, 9.17) is 16.3 Å². The van der Waals surface area contributed by atoms with Crippen LogP contribution in [0.3, 0.4) is 0 Å². The second-order valence-electron chi connectivity index (χ2n) is 9.48. The lowest BCUT2D eigenvalue weighted by Gasteiger charge is -2.37. The standard InChI is InChI=1S/C26H22ClNO4/c1-12-8-16(9-13(2)23(12)27)32-26(31)14-4-3-5-15(10-14)28-24(29)21-17-6-7-18(20-11-19(17)20)22(21)25(28)30/h3-10,17-22H,11H2,1-2H3/t17-,18-,19-,20-,21-,22+/m0/s1. The molecule has 2 aromatic rings. The van der Waals surface area contributed by atoms with E-state index >= 15 is 0 Å². The number of aryl methyl sites for hydroxylation is 2. The van der Waals surface area contributed by atoms with Gasteiger partial charge in [-0.25, -0.2) is 9.69 Å². The summed E-state index contributed by atoms with van der Waals surface area (Å²) in [5.74, 6) is 0.480. The first-order valence-electron chi connectivity index (χ1n) is 11.0. The second-order valence-corrected chi connectivity index (χ2v) is 9.86. The van der Waals surface area contributed by atoms with Crippen LogP contribution in [0.4, 0.5) is 5.69 Å². The fraction of sp³-hybridized carbons (Fsp3) is 0.346. The maximum Gasteiger partial charge on any atom is 0.343 e. The van der Waals surface area contributed by atoms with Crippen LogP contribution in [-0.4, -0.2) is 17.8 Å². The average Bonchev–Trinajstić information content (AvgIpc) is 3.55. The summed E-state index contributed by atoms with van der Waals surface area (Å²) in [4.78, 5) is 40.8. The molecular formula is C26H22ClNO4. The van der Waals surface area contributed by atoms with Crippen molar-refractivity contribution in [2.45, 2.75) is 20.3 Å². The van der Waals surface area contributed by atoms with E-state index < -0.39 is 5.97 Å². The van der Waals surface area contributed by atoms with Crippen LogP contribution in [0.15, 0.2) is 48.6 Å². The van der Waals surface area contributed by atoms with Crippen molar-refractivity contribution in [3.63, 3.8) is 0 Å². The Morgan fingerprint density at radius 2 is 1.56 bits per heavy atom. The normalized spacial score (nSPS) is 31.5. The summed E-state index contributed by atoms with van der Waals surface area (Å²) in [6.07, 6.45) is 5.43. The van der Waals surface area contributed by atoms with Crippen LogP contribution in [0, 0.1) is 49.4 Å². The van der Waals surface area contributed by atoms with Crippen molar-refractivity contribution in [1.29, 1.82) is 0 Å². The molecule has 1 aliphatic heterocycles. The Morgan fingerprint density at radius 3 is 2.16 bits per heavy atom. The van der Waals surface area contributed by atoms with E-state index in [0.717, 1.165) is 17.5 Å². The Bertz CT molecular complexity index is 1180. The lowest BCUT2D eigenvalue weighted by molar-refractivity contribution is -0.124. The van der Waals surface area contributed by atoms with Gasteiger partial charge in [0, 0.05) is 5.02 Å². The highest BCUT2D eigenvalue weighted by Gasteiger charge is 2.67. The summed E-state index contributed by atoms with van der Waals surface area (Å²) in [6.45, 7) is 3.70. The van der Waals surface area contributed by atoms with Crippen molar-refractivity contribution >= 4 is 35.1 Å². The molecule has 4 aliphatic carbocycles. The topological polar surface area (TPSA) is 63.7 Å². The Labute approximate surface area is 191 Å². The van der Waals surface area contributed by atoms with E-state index in [0.29, 0.717) is 28.3 Å². The number of amides is 2. The number of hydrogen-bond acceptors (Lipinski definition) is 4. The van der Waals surface area contributed by atoms with Crippen LogP contribution in [0.1, 0.15) is 27.9 Å². The lowest BCUT2D eigenvalue weighted by Crippen LogP contribution is -2.40. The highest BCUT2D eigenvalue weighted by atomic mass is 35.5. The highest BCUT2D eigenvalue weighted by molar-refractivity contribution is 6.32. The Morgan fingerprint density at radius 1 is 0.969 bits per heavy atom. The minimum Gasteiger partial charge on any atom is -0.423 e. The number of benzene rings is 2. The van der Waals surface area contributed by atoms with Gasteiger partial charge in [-0.15, -0.1) is 0 Å². The van der Waals surface area contributed by atoms with E-state index in [1.54, 1.807) is 36.4 Å². The number of hydrogen-bond donors (Lipinski definition) is 0. The van der Waals surface area contributed by atoms with Gasteiger partial charge >= 0.3 is 5.97 Å². The summed E-state index contributed by atoms with van der Waals surface area (Å²) in [6, 6.07) is 10.0. The van der Waals surface area contributed by atoms with Crippen molar-refractivity contribution < 1.29 is 19.1 Å². The molecular weight excluding hydrogens is 426 g/mol. The molecule has 0 N–H and O–H groups in total. The second kappa shape index (κ2) is 6.79. The monoisotopic (exact) mass is 447 g/mol. The third kappa shape index (κ3) is 2.73. The number of imide groups is 1. The highest BCUT2D eigenvalue weighted by Crippen LogP contribution is 2.65. The maximum absolute atomic E-state index is 13.3. The number of ether oxygens (including phenoxy) is 1. The quantitative estimate of drug-likeness (QED) is 0.295. The molecule has 6 heteroatoms. The van der Waals surface area contributed by atoms with Crippen molar-refractivity contribution in [3.05, 3.63) is 70.3 Å². The number of anilines is 1. The van der Waals surface area contributed by atoms with Gasteiger partial charge in [0.15, 0.2) is 0 Å². The molecule has 3 fully saturated rings. The zero-order chi connectivity index (χ0) is 22.3. The van der Waals surface area contributed by atoms with E-state index in [1.165, 1.54) is 4.90 Å². The number of allylic oxidation sites excluding steroid dienone is 2. The first-order valence-corrected chi connectivity index (χ1v) is 11.4. The molecule has 2 aromatic carbocycles. The van der Waals surface area contributed by atoms with Crippen LogP contribution in [-0.2, 0) is 9.59 Å². The summed E-state index contributed by atoms with van der Waals surface area (Å²) in [5.41, 5.74) is 2.35. The van der Waals surface area contributed by atoms with Crippen molar-refractivity contribution in [3.8, 4) is 5.75 Å². The molecule has 5 aliphatic rings. The van der Waals surface area contributed by atoms with Crippen molar-refractivity contribution in [1.82, 2.24) is 0 Å². The van der Waals surface area contributed by atoms with E-state index in [2.05, 4.69) is 12.2 Å². The summed E-state index contributed by atoms with van der Waals surface area (Å²) in [7, 11) is 0.